The Kier molecular flexibility index (Phi) is 7.43. The number of fused-ring (bicyclic) bond motifs is 1. The highest BCUT2D eigenvalue weighted by molar-refractivity contribution is 6.01. The van der Waals surface area contributed by atoms with Crippen LogP contribution in [0.15, 0.2) is 133 Å². The van der Waals surface area contributed by atoms with E-state index in [1.165, 1.54) is 0 Å². The summed E-state index contributed by atoms with van der Waals surface area (Å²) in [7, 11) is 0. The molecule has 1 amide bonds. The maximum atomic E-state index is 13.4. The third kappa shape index (κ3) is 4.99. The number of nitrogens with two attached hydrogens (primary N) is 1. The van der Waals surface area contributed by atoms with E-state index in [9.17, 15) is 4.79 Å². The van der Waals surface area contributed by atoms with Crippen LogP contribution in [-0.2, 0) is 16.8 Å². The van der Waals surface area contributed by atoms with E-state index >= 15 is 0 Å². The van der Waals surface area contributed by atoms with Crippen LogP contribution in [0.4, 0.5) is 11.5 Å². The molecule has 208 valence electrons. The van der Waals surface area contributed by atoms with Gasteiger partial charge in [0.2, 0.25) is 5.91 Å². The van der Waals surface area contributed by atoms with Crippen LogP contribution >= 0.6 is 0 Å². The van der Waals surface area contributed by atoms with E-state index in [0.717, 1.165) is 38.9 Å². The minimum Gasteiger partial charge on any atom is -0.494 e. The maximum Gasteiger partial charge on any atom is 0.230 e. The molecule has 6 heteroatoms. The van der Waals surface area contributed by atoms with Crippen LogP contribution in [0.2, 0.25) is 0 Å². The van der Waals surface area contributed by atoms with Gasteiger partial charge in [0.25, 0.3) is 0 Å². The number of rotatable bonds is 9. The lowest BCUT2D eigenvalue weighted by Gasteiger charge is -2.37. The fourth-order valence-electron chi connectivity index (χ4n) is 5.62. The zero-order valence-electron chi connectivity index (χ0n) is 23.4. The van der Waals surface area contributed by atoms with Gasteiger partial charge >= 0.3 is 0 Å². The van der Waals surface area contributed by atoms with E-state index in [0.29, 0.717) is 18.1 Å². The fourth-order valence-corrected chi connectivity index (χ4v) is 5.62. The third-order valence-corrected chi connectivity index (χ3v) is 7.45. The molecule has 6 nitrogen and oxygen atoms in total. The molecule has 6 rings (SSSR count). The van der Waals surface area contributed by atoms with Gasteiger partial charge in [0, 0.05) is 11.1 Å². The van der Waals surface area contributed by atoms with E-state index in [2.05, 4.69) is 41.7 Å². The molecule has 42 heavy (non-hydrogen) atoms. The molecule has 1 aromatic heterocycles. The van der Waals surface area contributed by atoms with Crippen molar-refractivity contribution < 1.29 is 9.53 Å². The zero-order chi connectivity index (χ0) is 28.9. The second-order valence-corrected chi connectivity index (χ2v) is 10.1. The molecule has 1 heterocycles. The van der Waals surface area contributed by atoms with Gasteiger partial charge in [-0.1, -0.05) is 103 Å². The number of ether oxygens (including phenoxy) is 1. The Hall–Kier alpha value is -5.36. The lowest BCUT2D eigenvalue weighted by Crippen LogP contribution is -2.38. The number of carbonyl (C=O) groups is 1. The van der Waals surface area contributed by atoms with Crippen molar-refractivity contribution in [2.75, 3.05) is 17.7 Å². The largest absolute Gasteiger partial charge is 0.494 e. The van der Waals surface area contributed by atoms with Crippen LogP contribution in [0.5, 0.6) is 5.75 Å². The molecular weight excluding hydrogens is 520 g/mol. The number of nitrogens with zero attached hydrogens (tertiary/aromatic N) is 2. The molecule has 5 aromatic carbocycles. The van der Waals surface area contributed by atoms with Crippen molar-refractivity contribution in [2.45, 2.75) is 18.9 Å². The van der Waals surface area contributed by atoms with Gasteiger partial charge in [-0.2, -0.15) is 5.10 Å². The standard InChI is InChI=1S/C36H32N4O2/c1-2-42-31-21-18-26(19-22-31)24-34(41)38-35-32-25-30(37)20-23-33(32)40(39-35)36(27-12-6-3-7-13-27,28-14-8-4-9-15-28)29-16-10-5-11-17-29/h3-23,25H,2,24,37H2,1H3,(H,38,39,41). The molecule has 0 bridgehead atoms. The second kappa shape index (κ2) is 11.6. The van der Waals surface area contributed by atoms with Crippen molar-refractivity contribution in [1.29, 1.82) is 0 Å². The third-order valence-electron chi connectivity index (χ3n) is 7.45. The summed E-state index contributed by atoms with van der Waals surface area (Å²) in [6, 6.07) is 44.3. The van der Waals surface area contributed by atoms with Crippen molar-refractivity contribution in [3.63, 3.8) is 0 Å². The van der Waals surface area contributed by atoms with E-state index in [1.807, 2.05) is 109 Å². The Balaban J connectivity index is 1.52. The Morgan fingerprint density at radius 2 is 1.33 bits per heavy atom. The molecule has 6 aromatic rings. The molecule has 0 radical (unpaired) electrons. The van der Waals surface area contributed by atoms with Gasteiger partial charge in [0.15, 0.2) is 5.82 Å². The highest BCUT2D eigenvalue weighted by Gasteiger charge is 2.41. The number of nitrogen functional groups attached to an aromatic ring is 1. The average Bonchev–Trinajstić information content (AvgIpc) is 3.37. The number of hydrogen-bond acceptors (Lipinski definition) is 4. The minimum absolute atomic E-state index is 0.169. The zero-order valence-corrected chi connectivity index (χ0v) is 23.4. The number of nitrogens with one attached hydrogen (secondary N) is 1. The van der Waals surface area contributed by atoms with Crippen molar-refractivity contribution >= 4 is 28.3 Å². The summed E-state index contributed by atoms with van der Waals surface area (Å²) in [5.41, 5.74) is 10.9. The van der Waals surface area contributed by atoms with Crippen LogP contribution in [0.25, 0.3) is 10.9 Å². The summed E-state index contributed by atoms with van der Waals surface area (Å²) >= 11 is 0. The topological polar surface area (TPSA) is 82.2 Å². The monoisotopic (exact) mass is 552 g/mol. The quantitative estimate of drug-likeness (QED) is 0.149. The number of carbonyl (C=O) groups excluding carboxylic acids is 1. The lowest BCUT2D eigenvalue weighted by atomic mass is 9.77. The van der Waals surface area contributed by atoms with Gasteiger partial charge in [0.1, 0.15) is 11.3 Å². The molecular formula is C36H32N4O2. The van der Waals surface area contributed by atoms with E-state index in [4.69, 9.17) is 15.6 Å². The van der Waals surface area contributed by atoms with Crippen molar-refractivity contribution in [2.24, 2.45) is 0 Å². The molecule has 3 N–H and O–H groups in total. The van der Waals surface area contributed by atoms with Crippen LogP contribution in [0.3, 0.4) is 0 Å². The lowest BCUT2D eigenvalue weighted by molar-refractivity contribution is -0.115. The van der Waals surface area contributed by atoms with E-state index in [1.54, 1.807) is 0 Å². The summed E-state index contributed by atoms with van der Waals surface area (Å²) in [5, 5.41) is 9.02. The van der Waals surface area contributed by atoms with E-state index < -0.39 is 5.54 Å². The van der Waals surface area contributed by atoms with Crippen molar-refractivity contribution in [3.8, 4) is 5.75 Å². The first-order valence-corrected chi connectivity index (χ1v) is 14.1. The van der Waals surface area contributed by atoms with Gasteiger partial charge in [-0.15, -0.1) is 0 Å². The summed E-state index contributed by atoms with van der Waals surface area (Å²) in [4.78, 5) is 13.4. The highest BCUT2D eigenvalue weighted by Crippen LogP contribution is 2.43. The molecule has 0 unspecified atom stereocenters. The van der Waals surface area contributed by atoms with Crippen LogP contribution in [0.1, 0.15) is 29.2 Å². The predicted octanol–water partition coefficient (Wildman–Crippen LogP) is 7.04. The molecule has 0 spiro atoms. The van der Waals surface area contributed by atoms with Gasteiger partial charge in [0.05, 0.1) is 18.5 Å². The summed E-state index contributed by atoms with van der Waals surface area (Å²) in [5.74, 6) is 1.07. The normalized spacial score (nSPS) is 11.4. The fraction of sp³-hybridized carbons (Fsp3) is 0.111. The Bertz CT molecular complexity index is 1700. The van der Waals surface area contributed by atoms with Gasteiger partial charge in [-0.25, -0.2) is 4.68 Å². The van der Waals surface area contributed by atoms with Crippen LogP contribution < -0.4 is 15.8 Å². The van der Waals surface area contributed by atoms with Crippen molar-refractivity contribution in [1.82, 2.24) is 9.78 Å². The summed E-state index contributed by atoms with van der Waals surface area (Å²) in [6.07, 6.45) is 0.199. The first kappa shape index (κ1) is 26.8. The second-order valence-electron chi connectivity index (χ2n) is 10.1. The average molecular weight is 553 g/mol. The van der Waals surface area contributed by atoms with Gasteiger partial charge in [-0.05, 0) is 59.5 Å². The number of anilines is 2. The Labute approximate surface area is 245 Å². The van der Waals surface area contributed by atoms with Crippen LogP contribution in [0, 0.1) is 0 Å². The maximum absolute atomic E-state index is 13.4. The number of amides is 1. The molecule has 0 aliphatic carbocycles. The molecule has 0 atom stereocenters. The van der Waals surface area contributed by atoms with E-state index in [-0.39, 0.29) is 12.3 Å². The first-order chi connectivity index (χ1) is 20.6. The number of hydrogen-bond donors (Lipinski definition) is 2. The van der Waals surface area contributed by atoms with Crippen molar-refractivity contribution in [3.05, 3.63) is 156 Å². The highest BCUT2D eigenvalue weighted by atomic mass is 16.5. The smallest absolute Gasteiger partial charge is 0.230 e. The molecule has 0 saturated carbocycles. The molecule has 0 aliphatic heterocycles. The van der Waals surface area contributed by atoms with Crippen LogP contribution in [-0.4, -0.2) is 22.3 Å². The van der Waals surface area contributed by atoms with Gasteiger partial charge < -0.3 is 15.8 Å². The SMILES string of the molecule is CCOc1ccc(CC(=O)Nc2nn(C(c3ccccc3)(c3ccccc3)c3ccccc3)c3ccc(N)cc23)cc1. The molecule has 0 fully saturated rings. The minimum atomic E-state index is -0.837. The molecule has 0 saturated heterocycles. The summed E-state index contributed by atoms with van der Waals surface area (Å²) < 4.78 is 7.56. The Morgan fingerprint density at radius 1 is 0.786 bits per heavy atom. The summed E-state index contributed by atoms with van der Waals surface area (Å²) in [6.45, 7) is 2.54. The first-order valence-electron chi connectivity index (χ1n) is 14.1. The Morgan fingerprint density at radius 3 is 1.86 bits per heavy atom. The number of benzene rings is 5. The molecule has 0 aliphatic rings. The predicted molar refractivity (Wildman–Crippen MR) is 169 cm³/mol. The van der Waals surface area contributed by atoms with Gasteiger partial charge in [-0.3, -0.25) is 4.79 Å². The number of aromatic nitrogens is 2.